The summed E-state index contributed by atoms with van der Waals surface area (Å²) in [6.45, 7) is 2.10. The van der Waals surface area contributed by atoms with Crippen molar-refractivity contribution in [2.75, 3.05) is 14.2 Å². The summed E-state index contributed by atoms with van der Waals surface area (Å²) >= 11 is 6.32. The molecule has 0 saturated carbocycles. The molecule has 1 saturated heterocycles. The predicted octanol–water partition coefficient (Wildman–Crippen LogP) is 3.92. The Kier molecular flexibility index (Phi) is 6.24. The van der Waals surface area contributed by atoms with E-state index in [0.717, 1.165) is 24.0 Å². The molecule has 6 heteroatoms. The fourth-order valence-electron chi connectivity index (χ4n) is 2.22. The lowest BCUT2D eigenvalue weighted by molar-refractivity contribution is -0.115. The summed E-state index contributed by atoms with van der Waals surface area (Å²) in [6.07, 6.45) is 5.81. The van der Waals surface area contributed by atoms with Crippen molar-refractivity contribution in [2.45, 2.75) is 19.8 Å². The molecule has 1 aliphatic rings. The average Bonchev–Trinajstić information content (AvgIpc) is 2.85. The first kappa shape index (κ1) is 17.6. The molecule has 0 bridgehead atoms. The van der Waals surface area contributed by atoms with Gasteiger partial charge in [0.25, 0.3) is 5.91 Å². The first-order valence-electron chi connectivity index (χ1n) is 7.24. The second kappa shape index (κ2) is 8.17. The van der Waals surface area contributed by atoms with Crippen molar-refractivity contribution in [2.24, 2.45) is 0 Å². The number of rotatable bonds is 6. The van der Waals surface area contributed by atoms with E-state index in [1.807, 2.05) is 30.4 Å². The number of carbonyl (C=O) groups excluding carboxylic acids is 1. The van der Waals surface area contributed by atoms with Crippen molar-refractivity contribution in [1.82, 2.24) is 5.32 Å². The minimum Gasteiger partial charge on any atom is -0.493 e. The maximum absolute atomic E-state index is 11.8. The molecule has 1 fully saturated rings. The largest absolute Gasteiger partial charge is 0.493 e. The summed E-state index contributed by atoms with van der Waals surface area (Å²) in [7, 11) is 3.22. The number of thiocarbonyl (C=S) groups is 1. The third-order valence-electron chi connectivity index (χ3n) is 3.26. The molecular weight excluding hydrogens is 330 g/mol. The van der Waals surface area contributed by atoms with Gasteiger partial charge in [0.15, 0.2) is 11.5 Å². The standard InChI is InChI=1S/C17H19NO3S2/c1-4-5-11(10-15-16(19)18-17(22)23-15)8-12-6-7-13(20-2)14(9-12)21-3/h6-10H,4-5H2,1-3H3,(H,18,19,22). The zero-order valence-electron chi connectivity index (χ0n) is 13.3. The quantitative estimate of drug-likeness (QED) is 0.623. The molecule has 1 amide bonds. The number of hydrogen-bond acceptors (Lipinski definition) is 5. The number of nitrogens with one attached hydrogen (secondary N) is 1. The van der Waals surface area contributed by atoms with Crippen LogP contribution in [0.1, 0.15) is 25.3 Å². The van der Waals surface area contributed by atoms with Crippen LogP contribution >= 0.6 is 24.0 Å². The smallest absolute Gasteiger partial charge is 0.263 e. The van der Waals surface area contributed by atoms with Gasteiger partial charge in [-0.3, -0.25) is 4.79 Å². The molecule has 0 unspecified atom stereocenters. The second-order valence-corrected chi connectivity index (χ2v) is 6.65. The van der Waals surface area contributed by atoms with Crippen molar-refractivity contribution in [3.05, 3.63) is 40.3 Å². The Hall–Kier alpha value is -1.79. The Bertz CT molecular complexity index is 680. The second-order valence-electron chi connectivity index (χ2n) is 4.94. The number of amides is 1. The molecule has 23 heavy (non-hydrogen) atoms. The topological polar surface area (TPSA) is 47.6 Å². The van der Waals surface area contributed by atoms with Crippen LogP contribution in [0.15, 0.2) is 34.8 Å². The van der Waals surface area contributed by atoms with Gasteiger partial charge >= 0.3 is 0 Å². The highest BCUT2D eigenvalue weighted by molar-refractivity contribution is 8.26. The summed E-state index contributed by atoms with van der Waals surface area (Å²) in [5.41, 5.74) is 2.07. The van der Waals surface area contributed by atoms with Crippen molar-refractivity contribution in [3.8, 4) is 11.5 Å². The lowest BCUT2D eigenvalue weighted by atomic mass is 10.1. The monoisotopic (exact) mass is 349 g/mol. The van der Waals surface area contributed by atoms with E-state index >= 15 is 0 Å². The average molecular weight is 349 g/mol. The van der Waals surface area contributed by atoms with Crippen LogP contribution < -0.4 is 14.8 Å². The van der Waals surface area contributed by atoms with Gasteiger partial charge in [-0.15, -0.1) is 0 Å². The molecule has 2 rings (SSSR count). The maximum atomic E-state index is 11.8. The van der Waals surface area contributed by atoms with Crippen LogP contribution in [-0.2, 0) is 4.79 Å². The Labute approximate surface area is 145 Å². The van der Waals surface area contributed by atoms with E-state index in [0.29, 0.717) is 20.7 Å². The molecule has 0 aromatic heterocycles. The summed E-state index contributed by atoms with van der Waals surface area (Å²) < 4.78 is 11.1. The van der Waals surface area contributed by atoms with Gasteiger partial charge in [0.1, 0.15) is 4.32 Å². The summed E-state index contributed by atoms with van der Waals surface area (Å²) in [5, 5.41) is 2.63. The van der Waals surface area contributed by atoms with Gasteiger partial charge in [-0.2, -0.15) is 0 Å². The van der Waals surface area contributed by atoms with Crippen LogP contribution in [0.5, 0.6) is 11.5 Å². The minimum absolute atomic E-state index is 0.130. The molecule has 0 atom stereocenters. The lowest BCUT2D eigenvalue weighted by Gasteiger charge is -2.08. The number of thioether (sulfide) groups is 1. The summed E-state index contributed by atoms with van der Waals surface area (Å²) in [4.78, 5) is 12.4. The first-order chi connectivity index (χ1) is 11.1. The Morgan fingerprint density at radius 2 is 2.04 bits per heavy atom. The van der Waals surface area contributed by atoms with E-state index < -0.39 is 0 Å². The van der Waals surface area contributed by atoms with Crippen LogP contribution in [0, 0.1) is 0 Å². The van der Waals surface area contributed by atoms with Gasteiger partial charge in [0.2, 0.25) is 0 Å². The molecule has 0 radical (unpaired) electrons. The lowest BCUT2D eigenvalue weighted by Crippen LogP contribution is -2.17. The van der Waals surface area contributed by atoms with Gasteiger partial charge in [-0.05, 0) is 35.8 Å². The van der Waals surface area contributed by atoms with E-state index in [1.54, 1.807) is 14.2 Å². The van der Waals surface area contributed by atoms with Crippen LogP contribution in [-0.4, -0.2) is 24.4 Å². The zero-order valence-corrected chi connectivity index (χ0v) is 15.0. The number of allylic oxidation sites excluding steroid dienone is 2. The van der Waals surface area contributed by atoms with E-state index in [-0.39, 0.29) is 5.91 Å². The fraction of sp³-hybridized carbons (Fsp3) is 0.294. The van der Waals surface area contributed by atoms with Gasteiger partial charge in [-0.25, -0.2) is 0 Å². The zero-order chi connectivity index (χ0) is 16.8. The molecule has 1 aliphatic heterocycles. The van der Waals surface area contributed by atoms with Crippen LogP contribution in [0.25, 0.3) is 6.08 Å². The SMILES string of the molecule is CCCC(=Cc1ccc(OC)c(OC)c1)C=C1SC(=S)NC1=O. The highest BCUT2D eigenvalue weighted by Crippen LogP contribution is 2.30. The fourth-order valence-corrected chi connectivity index (χ4v) is 3.28. The molecule has 0 spiro atoms. The van der Waals surface area contributed by atoms with E-state index in [9.17, 15) is 4.79 Å². The predicted molar refractivity (Wildman–Crippen MR) is 98.8 cm³/mol. The summed E-state index contributed by atoms with van der Waals surface area (Å²) in [5.74, 6) is 1.24. The molecule has 0 aliphatic carbocycles. The van der Waals surface area contributed by atoms with Crippen molar-refractivity contribution < 1.29 is 14.3 Å². The molecular formula is C17H19NO3S2. The normalized spacial score (nSPS) is 16.7. The molecule has 122 valence electrons. The molecule has 1 heterocycles. The Balaban J connectivity index is 2.33. The third-order valence-corrected chi connectivity index (χ3v) is 4.42. The Morgan fingerprint density at radius 1 is 1.30 bits per heavy atom. The highest BCUT2D eigenvalue weighted by atomic mass is 32.2. The van der Waals surface area contributed by atoms with Crippen molar-refractivity contribution in [3.63, 3.8) is 0 Å². The first-order valence-corrected chi connectivity index (χ1v) is 8.47. The summed E-state index contributed by atoms with van der Waals surface area (Å²) in [6, 6.07) is 5.75. The maximum Gasteiger partial charge on any atom is 0.263 e. The third kappa shape index (κ3) is 4.59. The molecule has 1 aromatic rings. The van der Waals surface area contributed by atoms with Gasteiger partial charge in [0, 0.05) is 0 Å². The number of methoxy groups -OCH3 is 2. The highest BCUT2D eigenvalue weighted by Gasteiger charge is 2.22. The van der Waals surface area contributed by atoms with Crippen LogP contribution in [0.4, 0.5) is 0 Å². The number of ether oxygens (including phenoxy) is 2. The van der Waals surface area contributed by atoms with Crippen LogP contribution in [0.3, 0.4) is 0 Å². The molecule has 4 nitrogen and oxygen atoms in total. The van der Waals surface area contributed by atoms with E-state index in [2.05, 4.69) is 12.2 Å². The molecule has 1 N–H and O–H groups in total. The number of carbonyl (C=O) groups is 1. The van der Waals surface area contributed by atoms with Crippen molar-refractivity contribution >= 4 is 40.3 Å². The number of hydrogen-bond donors (Lipinski definition) is 1. The van der Waals surface area contributed by atoms with Crippen molar-refractivity contribution in [1.29, 1.82) is 0 Å². The minimum atomic E-state index is -0.130. The van der Waals surface area contributed by atoms with Gasteiger partial charge in [0.05, 0.1) is 19.1 Å². The van der Waals surface area contributed by atoms with E-state index in [1.165, 1.54) is 11.8 Å². The number of benzene rings is 1. The molecule has 1 aromatic carbocycles. The van der Waals surface area contributed by atoms with E-state index in [4.69, 9.17) is 21.7 Å². The Morgan fingerprint density at radius 3 is 2.61 bits per heavy atom. The van der Waals surface area contributed by atoms with Gasteiger partial charge < -0.3 is 14.8 Å². The van der Waals surface area contributed by atoms with Crippen LogP contribution in [0.2, 0.25) is 0 Å². The van der Waals surface area contributed by atoms with Gasteiger partial charge in [-0.1, -0.05) is 49.5 Å².